The predicted molar refractivity (Wildman–Crippen MR) is 118 cm³/mol. The van der Waals surface area contributed by atoms with Crippen LogP contribution in [0.1, 0.15) is 43.5 Å². The Labute approximate surface area is 182 Å². The Kier molecular flexibility index (Phi) is 6.93. The first-order valence-electron chi connectivity index (χ1n) is 10.4. The van der Waals surface area contributed by atoms with E-state index in [2.05, 4.69) is 20.8 Å². The van der Waals surface area contributed by atoms with Gasteiger partial charge in [-0.2, -0.15) is 0 Å². The molecule has 0 spiro atoms. The first kappa shape index (κ1) is 22.7. The molecule has 1 aliphatic rings. The summed E-state index contributed by atoms with van der Waals surface area (Å²) in [6.07, 6.45) is 0. The molecule has 31 heavy (non-hydrogen) atoms. The Morgan fingerprint density at radius 1 is 1.00 bits per heavy atom. The fraction of sp³-hybridized carbons (Fsp3) is 0.360. The number of likely N-dealkylation sites (tertiary alicyclic amines) is 1. The lowest BCUT2D eigenvalue weighted by atomic mass is 9.85. The molecule has 1 amide bonds. The summed E-state index contributed by atoms with van der Waals surface area (Å²) < 4.78 is 5.32. The first-order chi connectivity index (χ1) is 14.8. The molecule has 6 nitrogen and oxygen atoms in total. The number of carbonyl (C=O) groups excluding carboxylic acids is 2. The minimum absolute atomic E-state index is 0.0392. The summed E-state index contributed by atoms with van der Waals surface area (Å²) in [5.74, 6) is -1.58. The summed E-state index contributed by atoms with van der Waals surface area (Å²) in [6.45, 7) is 6.72. The molecule has 0 aromatic heterocycles. The number of aliphatic hydroxyl groups excluding tert-OH is 2. The van der Waals surface area contributed by atoms with E-state index in [1.165, 1.54) is 4.90 Å². The normalized spacial score (nSPS) is 18.6. The SMILES string of the molecule is CC(C)(C)c1ccc([C@@H]2C(=C(O)c3ccccc3)C(=O)C(=O)N2CCOCCO)cc1. The highest BCUT2D eigenvalue weighted by Gasteiger charge is 2.45. The maximum Gasteiger partial charge on any atom is 0.295 e. The minimum Gasteiger partial charge on any atom is -0.507 e. The van der Waals surface area contributed by atoms with Gasteiger partial charge in [0.1, 0.15) is 5.76 Å². The topological polar surface area (TPSA) is 87.1 Å². The molecule has 2 aromatic rings. The molecule has 1 atom stereocenters. The molecule has 0 saturated carbocycles. The molecule has 0 unspecified atom stereocenters. The number of amides is 1. The van der Waals surface area contributed by atoms with Crippen molar-refractivity contribution < 1.29 is 24.5 Å². The van der Waals surface area contributed by atoms with E-state index in [0.29, 0.717) is 5.56 Å². The molecular weight excluding hydrogens is 394 g/mol. The summed E-state index contributed by atoms with van der Waals surface area (Å²) in [4.78, 5) is 27.2. The quantitative estimate of drug-likeness (QED) is 0.308. The van der Waals surface area contributed by atoms with Crippen LogP contribution in [-0.4, -0.2) is 53.2 Å². The van der Waals surface area contributed by atoms with Crippen molar-refractivity contribution in [2.45, 2.75) is 32.2 Å². The smallest absolute Gasteiger partial charge is 0.295 e. The van der Waals surface area contributed by atoms with Crippen LogP contribution in [0.4, 0.5) is 0 Å². The Hall–Kier alpha value is -2.96. The number of rotatable bonds is 7. The van der Waals surface area contributed by atoms with E-state index in [0.717, 1.165) is 11.1 Å². The number of ketones is 1. The third-order valence-corrected chi connectivity index (χ3v) is 5.39. The predicted octanol–water partition coefficient (Wildman–Crippen LogP) is 3.41. The highest BCUT2D eigenvalue weighted by atomic mass is 16.5. The number of ether oxygens (including phenoxy) is 1. The number of carbonyl (C=O) groups is 2. The zero-order valence-electron chi connectivity index (χ0n) is 18.2. The summed E-state index contributed by atoms with van der Waals surface area (Å²) in [5.41, 5.74) is 2.38. The molecule has 164 valence electrons. The second-order valence-electron chi connectivity index (χ2n) is 8.57. The van der Waals surface area contributed by atoms with Gasteiger partial charge in [0.2, 0.25) is 0 Å². The van der Waals surface area contributed by atoms with E-state index >= 15 is 0 Å². The van der Waals surface area contributed by atoms with Gasteiger partial charge in [-0.05, 0) is 16.5 Å². The van der Waals surface area contributed by atoms with E-state index < -0.39 is 17.7 Å². The standard InChI is InChI=1S/C25H29NO5/c1-25(2,3)19-11-9-17(10-12-19)21-20(22(28)18-7-5-4-6-8-18)23(29)24(30)26(21)13-15-31-16-14-27/h4-12,21,27-28H,13-16H2,1-3H3/t21-/m1/s1. The van der Waals surface area contributed by atoms with Crippen LogP contribution in [0, 0.1) is 0 Å². The summed E-state index contributed by atoms with van der Waals surface area (Å²) in [7, 11) is 0. The second kappa shape index (κ2) is 9.45. The van der Waals surface area contributed by atoms with Gasteiger partial charge in [-0.3, -0.25) is 9.59 Å². The van der Waals surface area contributed by atoms with Crippen LogP contribution in [0.15, 0.2) is 60.2 Å². The highest BCUT2D eigenvalue weighted by molar-refractivity contribution is 6.46. The van der Waals surface area contributed by atoms with Crippen molar-refractivity contribution in [3.63, 3.8) is 0 Å². The number of benzene rings is 2. The van der Waals surface area contributed by atoms with Crippen molar-refractivity contribution in [1.82, 2.24) is 4.90 Å². The average molecular weight is 424 g/mol. The zero-order valence-corrected chi connectivity index (χ0v) is 18.2. The van der Waals surface area contributed by atoms with Crippen molar-refractivity contribution in [2.24, 2.45) is 0 Å². The maximum absolute atomic E-state index is 12.9. The van der Waals surface area contributed by atoms with Crippen molar-refractivity contribution >= 4 is 17.4 Å². The fourth-order valence-corrected chi connectivity index (χ4v) is 3.70. The molecule has 1 aliphatic heterocycles. The van der Waals surface area contributed by atoms with E-state index in [-0.39, 0.29) is 43.1 Å². The van der Waals surface area contributed by atoms with Gasteiger partial charge in [0.05, 0.1) is 31.4 Å². The minimum atomic E-state index is -0.716. The molecular formula is C25H29NO5. The van der Waals surface area contributed by atoms with E-state index in [9.17, 15) is 14.7 Å². The molecule has 2 aromatic carbocycles. The van der Waals surface area contributed by atoms with Gasteiger partial charge in [0.25, 0.3) is 11.7 Å². The van der Waals surface area contributed by atoms with E-state index in [1.807, 2.05) is 30.3 Å². The van der Waals surface area contributed by atoms with Crippen molar-refractivity contribution in [3.05, 3.63) is 76.9 Å². The monoisotopic (exact) mass is 423 g/mol. The molecule has 2 N–H and O–H groups in total. The van der Waals surface area contributed by atoms with E-state index in [1.54, 1.807) is 24.3 Å². The Morgan fingerprint density at radius 2 is 1.65 bits per heavy atom. The third kappa shape index (κ3) is 4.86. The van der Waals surface area contributed by atoms with Gasteiger partial charge in [0, 0.05) is 12.1 Å². The largest absolute Gasteiger partial charge is 0.507 e. The lowest BCUT2D eigenvalue weighted by Gasteiger charge is -2.26. The lowest BCUT2D eigenvalue weighted by molar-refractivity contribution is -0.140. The van der Waals surface area contributed by atoms with Gasteiger partial charge in [-0.25, -0.2) is 0 Å². The van der Waals surface area contributed by atoms with Gasteiger partial charge < -0.3 is 19.8 Å². The molecule has 0 bridgehead atoms. The van der Waals surface area contributed by atoms with Gasteiger partial charge in [-0.1, -0.05) is 75.4 Å². The maximum atomic E-state index is 12.9. The number of aliphatic hydroxyl groups is 2. The van der Waals surface area contributed by atoms with Crippen molar-refractivity contribution in [3.8, 4) is 0 Å². The van der Waals surface area contributed by atoms with Gasteiger partial charge in [-0.15, -0.1) is 0 Å². The van der Waals surface area contributed by atoms with Crippen LogP contribution in [0.3, 0.4) is 0 Å². The second-order valence-corrected chi connectivity index (χ2v) is 8.57. The van der Waals surface area contributed by atoms with Crippen LogP contribution in [0.2, 0.25) is 0 Å². The van der Waals surface area contributed by atoms with Crippen LogP contribution >= 0.6 is 0 Å². The van der Waals surface area contributed by atoms with Crippen molar-refractivity contribution in [2.75, 3.05) is 26.4 Å². The van der Waals surface area contributed by atoms with Crippen LogP contribution < -0.4 is 0 Å². The van der Waals surface area contributed by atoms with Gasteiger partial charge >= 0.3 is 0 Å². The van der Waals surface area contributed by atoms with Gasteiger partial charge in [0.15, 0.2) is 0 Å². The molecule has 6 heteroatoms. The fourth-order valence-electron chi connectivity index (χ4n) is 3.70. The van der Waals surface area contributed by atoms with Crippen molar-refractivity contribution in [1.29, 1.82) is 0 Å². The molecule has 1 saturated heterocycles. The Balaban J connectivity index is 2.06. The summed E-state index contributed by atoms with van der Waals surface area (Å²) in [6, 6.07) is 15.8. The lowest BCUT2D eigenvalue weighted by Crippen LogP contribution is -2.33. The molecule has 0 aliphatic carbocycles. The number of Topliss-reactive ketones (excluding diaryl/α,β-unsaturated/α-hetero) is 1. The zero-order chi connectivity index (χ0) is 22.6. The van der Waals surface area contributed by atoms with Crippen LogP contribution in [0.5, 0.6) is 0 Å². The first-order valence-corrected chi connectivity index (χ1v) is 10.4. The number of nitrogens with zero attached hydrogens (tertiary/aromatic N) is 1. The third-order valence-electron chi connectivity index (χ3n) is 5.39. The molecule has 3 rings (SSSR count). The highest BCUT2D eigenvalue weighted by Crippen LogP contribution is 2.39. The number of hydrogen-bond acceptors (Lipinski definition) is 5. The summed E-state index contributed by atoms with van der Waals surface area (Å²) in [5, 5.41) is 19.9. The van der Waals surface area contributed by atoms with E-state index in [4.69, 9.17) is 9.84 Å². The molecule has 1 fully saturated rings. The Morgan fingerprint density at radius 3 is 2.23 bits per heavy atom. The molecule has 0 radical (unpaired) electrons. The summed E-state index contributed by atoms with van der Waals surface area (Å²) >= 11 is 0. The Bertz CT molecular complexity index is 958. The van der Waals surface area contributed by atoms with Crippen LogP contribution in [-0.2, 0) is 19.7 Å². The average Bonchev–Trinajstić information content (AvgIpc) is 3.01. The van der Waals surface area contributed by atoms with Crippen LogP contribution in [0.25, 0.3) is 5.76 Å². The number of hydrogen-bond donors (Lipinski definition) is 2. The molecule has 1 heterocycles.